The highest BCUT2D eigenvalue weighted by atomic mass is 16.7. The number of benzene rings is 2. The first-order valence-corrected chi connectivity index (χ1v) is 11.7. The van der Waals surface area contributed by atoms with E-state index in [4.69, 9.17) is 23.7 Å². The summed E-state index contributed by atoms with van der Waals surface area (Å²) in [5, 5.41) is 88.6. The Morgan fingerprint density at radius 2 is 1.03 bits per heavy atom. The second-order valence-corrected chi connectivity index (χ2v) is 8.83. The molecule has 14 heteroatoms. The Balaban J connectivity index is 1.37. The largest absolute Gasteiger partial charge is 0.504 e. The predicted octanol–water partition coefficient (Wildman–Crippen LogP) is -2.46. The minimum atomic E-state index is -1.62. The lowest BCUT2D eigenvalue weighted by molar-refractivity contribution is -0.277. The summed E-state index contributed by atoms with van der Waals surface area (Å²) in [6.45, 7) is -1.21. The van der Waals surface area contributed by atoms with Crippen molar-refractivity contribution >= 4 is 0 Å². The predicted molar refractivity (Wildman–Crippen MR) is 123 cm³/mol. The fourth-order valence-electron chi connectivity index (χ4n) is 3.97. The standard InChI is InChI=1S/C24H30O14/c25-8-15-17(28)19(30)21(32)23(37-15)35-11-3-1-10(2-4-11)34-14-6-5-12(7-13(14)27)36-24-22(33)20(31)18(29)16(9-26)38-24/h1-7,15-33H,8-9H2/t15-,16-,17-,18-,19+,20+,21-,22-,23-,24-/m1/s1. The number of aromatic hydroxyl groups is 1. The van der Waals surface area contributed by atoms with Gasteiger partial charge in [0.05, 0.1) is 13.2 Å². The fraction of sp³-hybridized carbons (Fsp3) is 0.500. The number of aliphatic hydroxyl groups is 8. The monoisotopic (exact) mass is 542 g/mol. The van der Waals surface area contributed by atoms with Crippen molar-refractivity contribution in [3.8, 4) is 28.7 Å². The molecule has 0 saturated carbocycles. The van der Waals surface area contributed by atoms with Gasteiger partial charge in [-0.1, -0.05) is 0 Å². The van der Waals surface area contributed by atoms with Crippen molar-refractivity contribution in [3.63, 3.8) is 0 Å². The second-order valence-electron chi connectivity index (χ2n) is 8.83. The third-order valence-corrected chi connectivity index (χ3v) is 6.18. The molecule has 2 heterocycles. The highest BCUT2D eigenvalue weighted by molar-refractivity contribution is 5.47. The summed E-state index contributed by atoms with van der Waals surface area (Å²) in [5.41, 5.74) is 0. The zero-order chi connectivity index (χ0) is 27.6. The second kappa shape index (κ2) is 12.0. The van der Waals surface area contributed by atoms with Gasteiger partial charge in [0, 0.05) is 6.07 Å². The van der Waals surface area contributed by atoms with Gasteiger partial charge in [-0.3, -0.25) is 0 Å². The van der Waals surface area contributed by atoms with Crippen molar-refractivity contribution in [2.75, 3.05) is 13.2 Å². The van der Waals surface area contributed by atoms with E-state index in [9.17, 15) is 46.0 Å². The molecule has 0 spiro atoms. The summed E-state index contributed by atoms with van der Waals surface area (Å²) >= 11 is 0. The van der Waals surface area contributed by atoms with Gasteiger partial charge in [-0.25, -0.2) is 0 Å². The van der Waals surface area contributed by atoms with Gasteiger partial charge in [-0.2, -0.15) is 0 Å². The Kier molecular flexibility index (Phi) is 8.89. The molecule has 10 atom stereocenters. The maximum Gasteiger partial charge on any atom is 0.229 e. The van der Waals surface area contributed by atoms with E-state index in [-0.39, 0.29) is 28.7 Å². The number of phenolic OH excluding ortho intramolecular Hbond substituents is 1. The maximum absolute atomic E-state index is 10.4. The van der Waals surface area contributed by atoms with Crippen molar-refractivity contribution in [2.24, 2.45) is 0 Å². The molecule has 2 aromatic rings. The van der Waals surface area contributed by atoms with Crippen LogP contribution in [0.4, 0.5) is 0 Å². The molecule has 0 radical (unpaired) electrons. The topological polar surface area (TPSA) is 228 Å². The van der Waals surface area contributed by atoms with Gasteiger partial charge < -0.3 is 69.6 Å². The van der Waals surface area contributed by atoms with E-state index in [0.717, 1.165) is 0 Å². The van der Waals surface area contributed by atoms with Crippen molar-refractivity contribution in [3.05, 3.63) is 42.5 Å². The summed E-state index contributed by atoms with van der Waals surface area (Å²) in [7, 11) is 0. The first kappa shape index (κ1) is 28.3. The van der Waals surface area contributed by atoms with Gasteiger partial charge in [0.25, 0.3) is 0 Å². The number of aliphatic hydroxyl groups excluding tert-OH is 8. The minimum Gasteiger partial charge on any atom is -0.504 e. The van der Waals surface area contributed by atoms with Crippen molar-refractivity contribution in [1.82, 2.24) is 0 Å². The molecule has 9 N–H and O–H groups in total. The van der Waals surface area contributed by atoms with Crippen LogP contribution in [-0.2, 0) is 9.47 Å². The summed E-state index contributed by atoms with van der Waals surface area (Å²) in [4.78, 5) is 0. The number of hydrogen-bond donors (Lipinski definition) is 9. The normalized spacial score (nSPS) is 35.5. The van der Waals surface area contributed by atoms with Crippen LogP contribution in [0.3, 0.4) is 0 Å². The molecule has 2 aromatic carbocycles. The van der Waals surface area contributed by atoms with Gasteiger partial charge in [-0.15, -0.1) is 0 Å². The molecular formula is C24H30O14. The van der Waals surface area contributed by atoms with Gasteiger partial charge in [-0.05, 0) is 36.4 Å². The van der Waals surface area contributed by atoms with E-state index >= 15 is 0 Å². The average molecular weight is 542 g/mol. The summed E-state index contributed by atoms with van der Waals surface area (Å²) in [6.07, 6.45) is -14.5. The molecule has 0 amide bonds. The Morgan fingerprint density at radius 1 is 0.579 bits per heavy atom. The quantitative estimate of drug-likeness (QED) is 0.169. The maximum atomic E-state index is 10.4. The number of rotatable bonds is 8. The molecule has 2 saturated heterocycles. The molecule has 2 aliphatic rings. The Bertz CT molecular complexity index is 1050. The average Bonchev–Trinajstić information content (AvgIpc) is 2.91. The first-order valence-electron chi connectivity index (χ1n) is 11.7. The third kappa shape index (κ3) is 5.94. The van der Waals surface area contributed by atoms with Crippen molar-refractivity contribution in [1.29, 1.82) is 0 Å². The zero-order valence-corrected chi connectivity index (χ0v) is 19.8. The van der Waals surface area contributed by atoms with Crippen LogP contribution < -0.4 is 14.2 Å². The summed E-state index contributed by atoms with van der Waals surface area (Å²) in [5.74, 6) is 0.239. The molecule has 0 unspecified atom stereocenters. The third-order valence-electron chi connectivity index (χ3n) is 6.18. The van der Waals surface area contributed by atoms with Crippen LogP contribution in [0.5, 0.6) is 28.7 Å². The molecule has 38 heavy (non-hydrogen) atoms. The van der Waals surface area contributed by atoms with Crippen LogP contribution in [0.1, 0.15) is 0 Å². The number of phenols is 1. The molecule has 0 aliphatic carbocycles. The lowest BCUT2D eigenvalue weighted by Crippen LogP contribution is -2.60. The smallest absolute Gasteiger partial charge is 0.229 e. The molecule has 210 valence electrons. The molecule has 2 fully saturated rings. The van der Waals surface area contributed by atoms with Crippen LogP contribution >= 0.6 is 0 Å². The van der Waals surface area contributed by atoms with Gasteiger partial charge >= 0.3 is 0 Å². The molecular weight excluding hydrogens is 512 g/mol. The van der Waals surface area contributed by atoms with E-state index in [1.165, 1.54) is 42.5 Å². The minimum absolute atomic E-state index is 0.0359. The van der Waals surface area contributed by atoms with Crippen molar-refractivity contribution in [2.45, 2.75) is 61.4 Å². The van der Waals surface area contributed by atoms with Crippen LogP contribution in [0, 0.1) is 0 Å². The lowest BCUT2D eigenvalue weighted by Gasteiger charge is -2.39. The molecule has 0 bridgehead atoms. The Hall–Kier alpha value is -2.76. The lowest BCUT2D eigenvalue weighted by atomic mass is 9.99. The summed E-state index contributed by atoms with van der Waals surface area (Å²) < 4.78 is 27.2. The van der Waals surface area contributed by atoms with E-state index in [0.29, 0.717) is 0 Å². The van der Waals surface area contributed by atoms with Crippen LogP contribution in [0.2, 0.25) is 0 Å². The zero-order valence-electron chi connectivity index (χ0n) is 19.8. The first-order chi connectivity index (χ1) is 18.1. The van der Waals surface area contributed by atoms with Gasteiger partial charge in [0.2, 0.25) is 12.6 Å². The fourth-order valence-corrected chi connectivity index (χ4v) is 3.97. The van der Waals surface area contributed by atoms with Crippen LogP contribution in [-0.4, -0.2) is 121 Å². The molecule has 4 rings (SSSR count). The van der Waals surface area contributed by atoms with Gasteiger partial charge in [0.1, 0.15) is 66.1 Å². The van der Waals surface area contributed by atoms with E-state index in [1.54, 1.807) is 0 Å². The van der Waals surface area contributed by atoms with E-state index in [1.807, 2.05) is 0 Å². The van der Waals surface area contributed by atoms with Crippen LogP contribution in [0.15, 0.2) is 42.5 Å². The van der Waals surface area contributed by atoms with Crippen LogP contribution in [0.25, 0.3) is 0 Å². The number of hydrogen-bond acceptors (Lipinski definition) is 14. The molecule has 0 aromatic heterocycles. The van der Waals surface area contributed by atoms with Crippen molar-refractivity contribution < 1.29 is 69.6 Å². The van der Waals surface area contributed by atoms with E-state index in [2.05, 4.69) is 0 Å². The SMILES string of the molecule is OC[C@H]1O[C@@H](Oc2ccc(Oc3ccc(O[C@@H]4O[C@H](CO)[C@@H](O)[C@H](O)[C@H]4O)cc3O)cc2)[C@H](O)[C@@H](O)[C@@H]1O. The molecule has 14 nitrogen and oxygen atoms in total. The summed E-state index contributed by atoms with van der Waals surface area (Å²) in [6, 6.07) is 9.83. The highest BCUT2D eigenvalue weighted by Crippen LogP contribution is 2.36. The highest BCUT2D eigenvalue weighted by Gasteiger charge is 2.45. The molecule has 2 aliphatic heterocycles. The number of ether oxygens (including phenoxy) is 5. The van der Waals surface area contributed by atoms with E-state index < -0.39 is 74.6 Å². The Labute approximate surface area is 216 Å². The Morgan fingerprint density at radius 3 is 1.50 bits per heavy atom. The van der Waals surface area contributed by atoms with Gasteiger partial charge in [0.15, 0.2) is 11.5 Å².